The third-order valence-corrected chi connectivity index (χ3v) is 0.922. The first kappa shape index (κ1) is 10.3. The largest absolute Gasteiger partial charge is 0.374 e. The highest BCUT2D eigenvalue weighted by atomic mass is 19.3. The van der Waals surface area contributed by atoms with Gasteiger partial charge in [-0.1, -0.05) is 0 Å². The fraction of sp³-hybridized carbons (Fsp3) is 0.833. The summed E-state index contributed by atoms with van der Waals surface area (Å²) in [6.45, 7) is 4.95. The minimum absolute atomic E-state index is 0.114. The number of carbonyl (C=O) groups is 1. The number of hydrogen-bond donors (Lipinski definition) is 0. The van der Waals surface area contributed by atoms with Crippen molar-refractivity contribution < 1.29 is 24.0 Å². The molecule has 0 amide bonds. The van der Waals surface area contributed by atoms with Crippen LogP contribution in [0.4, 0.5) is 4.53 Å². The van der Waals surface area contributed by atoms with Crippen LogP contribution in [0, 0.1) is 0 Å². The molecule has 0 N–H and O–H groups in total. The molecule has 4 nitrogen and oxygen atoms in total. The predicted octanol–water partition coefficient (Wildman–Crippen LogP) is 1.16. The highest BCUT2D eigenvalue weighted by molar-refractivity contribution is 5.73. The van der Waals surface area contributed by atoms with E-state index in [0.717, 1.165) is 0 Å². The van der Waals surface area contributed by atoms with Crippen molar-refractivity contribution in [2.45, 2.75) is 33.0 Å². The lowest BCUT2D eigenvalue weighted by molar-refractivity contribution is -0.402. The van der Waals surface area contributed by atoms with Crippen LogP contribution in [0.25, 0.3) is 0 Å². The van der Waals surface area contributed by atoms with Gasteiger partial charge in [0.1, 0.15) is 0 Å². The summed E-state index contributed by atoms with van der Waals surface area (Å²) in [5.41, 5.74) is 0. The van der Waals surface area contributed by atoms with Crippen LogP contribution in [0.3, 0.4) is 0 Å². The van der Waals surface area contributed by atoms with Gasteiger partial charge in [-0.25, -0.2) is 4.79 Å². The van der Waals surface area contributed by atoms with Crippen LogP contribution in [0.5, 0.6) is 0 Å². The molecule has 1 unspecified atom stereocenters. The van der Waals surface area contributed by atoms with Gasteiger partial charge in [0.2, 0.25) is 0 Å². The van der Waals surface area contributed by atoms with E-state index in [2.05, 4.69) is 9.98 Å². The summed E-state index contributed by atoms with van der Waals surface area (Å²) in [6, 6.07) is 0. The minimum Gasteiger partial charge on any atom is -0.364 e. The Kier molecular flexibility index (Phi) is 4.72. The first-order valence-electron chi connectivity index (χ1n) is 3.22. The minimum atomic E-state index is -0.888. The fourth-order valence-corrected chi connectivity index (χ4v) is 0.563. The third kappa shape index (κ3) is 4.69. The molecule has 1 atom stereocenters. The highest BCUT2D eigenvalue weighted by Crippen LogP contribution is 1.99. The Balaban J connectivity index is 3.64. The molecular weight excluding hydrogens is 155 g/mol. The molecule has 0 heterocycles. The standard InChI is InChI=1S/C6H11FO4/c1-4(2)9-5(3)6(8)10-11-7/h4-5H,1-3H3. The summed E-state index contributed by atoms with van der Waals surface area (Å²) in [7, 11) is 0. The maximum Gasteiger partial charge on any atom is 0.374 e. The molecule has 0 saturated carbocycles. The van der Waals surface area contributed by atoms with Crippen molar-refractivity contribution >= 4 is 5.97 Å². The molecule has 0 aromatic heterocycles. The molecule has 0 saturated heterocycles. The van der Waals surface area contributed by atoms with E-state index in [0.29, 0.717) is 0 Å². The summed E-state index contributed by atoms with van der Waals surface area (Å²) in [4.78, 5) is 14.1. The van der Waals surface area contributed by atoms with Crippen molar-refractivity contribution in [3.63, 3.8) is 0 Å². The molecule has 0 aromatic rings. The molecule has 11 heavy (non-hydrogen) atoms. The number of rotatable bonds is 4. The van der Waals surface area contributed by atoms with Crippen LogP contribution in [-0.4, -0.2) is 18.2 Å². The van der Waals surface area contributed by atoms with Crippen LogP contribution in [0.15, 0.2) is 0 Å². The van der Waals surface area contributed by atoms with Crippen molar-refractivity contribution in [3.8, 4) is 0 Å². The lowest BCUT2D eigenvalue weighted by Crippen LogP contribution is -2.25. The Bertz CT molecular complexity index is 126. The van der Waals surface area contributed by atoms with Gasteiger partial charge in [-0.15, -0.1) is 0 Å². The van der Waals surface area contributed by atoms with E-state index in [1.807, 2.05) is 0 Å². The molecular formula is C6H11FO4. The molecule has 0 aromatic carbocycles. The monoisotopic (exact) mass is 166 g/mol. The Morgan fingerprint density at radius 2 is 1.91 bits per heavy atom. The smallest absolute Gasteiger partial charge is 0.364 e. The van der Waals surface area contributed by atoms with Crippen LogP contribution in [0.1, 0.15) is 20.8 Å². The lowest BCUT2D eigenvalue weighted by Gasteiger charge is -2.11. The number of hydrogen-bond acceptors (Lipinski definition) is 4. The van der Waals surface area contributed by atoms with E-state index < -0.39 is 12.1 Å². The van der Waals surface area contributed by atoms with E-state index in [-0.39, 0.29) is 6.10 Å². The van der Waals surface area contributed by atoms with E-state index in [4.69, 9.17) is 4.74 Å². The van der Waals surface area contributed by atoms with Crippen molar-refractivity contribution in [2.75, 3.05) is 0 Å². The third-order valence-electron chi connectivity index (χ3n) is 0.922. The first-order valence-corrected chi connectivity index (χ1v) is 3.22. The van der Waals surface area contributed by atoms with Crippen molar-refractivity contribution in [1.82, 2.24) is 0 Å². The number of ether oxygens (including phenoxy) is 1. The van der Waals surface area contributed by atoms with Crippen LogP contribution < -0.4 is 0 Å². The van der Waals surface area contributed by atoms with Crippen molar-refractivity contribution in [1.29, 1.82) is 0 Å². The molecule has 0 radical (unpaired) electrons. The maximum absolute atomic E-state index is 10.9. The van der Waals surface area contributed by atoms with Gasteiger partial charge in [0.05, 0.1) is 6.10 Å². The number of halogens is 1. The van der Waals surface area contributed by atoms with E-state index in [9.17, 15) is 9.32 Å². The van der Waals surface area contributed by atoms with Crippen LogP contribution >= 0.6 is 0 Å². The first-order chi connectivity index (χ1) is 5.07. The zero-order valence-corrected chi connectivity index (χ0v) is 6.67. The van der Waals surface area contributed by atoms with Gasteiger partial charge in [0.15, 0.2) is 6.10 Å². The van der Waals surface area contributed by atoms with Gasteiger partial charge >= 0.3 is 5.97 Å². The Labute approximate surface area is 64.1 Å². The molecule has 0 rings (SSSR count). The molecule has 0 aliphatic carbocycles. The van der Waals surface area contributed by atoms with E-state index >= 15 is 0 Å². The molecule has 0 spiro atoms. The zero-order chi connectivity index (χ0) is 8.85. The van der Waals surface area contributed by atoms with Gasteiger partial charge in [-0.3, -0.25) is 4.89 Å². The topological polar surface area (TPSA) is 44.8 Å². The normalized spacial score (nSPS) is 13.2. The highest BCUT2D eigenvalue weighted by Gasteiger charge is 2.17. The second-order valence-electron chi connectivity index (χ2n) is 2.29. The second-order valence-corrected chi connectivity index (χ2v) is 2.29. The van der Waals surface area contributed by atoms with Gasteiger partial charge in [-0.05, 0) is 25.3 Å². The van der Waals surface area contributed by atoms with Gasteiger partial charge in [0.25, 0.3) is 0 Å². The molecule has 66 valence electrons. The fourth-order valence-electron chi connectivity index (χ4n) is 0.563. The summed E-state index contributed by atoms with van der Waals surface area (Å²) >= 11 is 0. The molecule has 0 aliphatic rings. The molecule has 0 fully saturated rings. The zero-order valence-electron chi connectivity index (χ0n) is 6.67. The quantitative estimate of drug-likeness (QED) is 0.464. The van der Waals surface area contributed by atoms with Crippen molar-refractivity contribution in [2.24, 2.45) is 0 Å². The van der Waals surface area contributed by atoms with Crippen LogP contribution in [-0.2, 0) is 19.5 Å². The summed E-state index contributed by atoms with van der Waals surface area (Å²) in [5.74, 6) is -0.888. The summed E-state index contributed by atoms with van der Waals surface area (Å²) in [5, 5.41) is 2.68. The Hall–Kier alpha value is -0.680. The summed E-state index contributed by atoms with van der Waals surface area (Å²) < 4.78 is 15.9. The molecule has 0 aliphatic heterocycles. The van der Waals surface area contributed by atoms with Gasteiger partial charge in [0, 0.05) is 5.09 Å². The van der Waals surface area contributed by atoms with E-state index in [1.165, 1.54) is 6.92 Å². The van der Waals surface area contributed by atoms with Gasteiger partial charge in [-0.2, -0.15) is 0 Å². The average Bonchev–Trinajstić information content (AvgIpc) is 1.86. The molecule has 0 bridgehead atoms. The summed E-state index contributed by atoms with van der Waals surface area (Å²) in [6.07, 6.45) is -0.928. The van der Waals surface area contributed by atoms with Crippen LogP contribution in [0.2, 0.25) is 0 Å². The molecule has 5 heteroatoms. The lowest BCUT2D eigenvalue weighted by atomic mass is 10.4. The van der Waals surface area contributed by atoms with E-state index in [1.54, 1.807) is 13.8 Å². The number of carbonyl (C=O) groups excluding carboxylic acids is 1. The Morgan fingerprint density at radius 3 is 2.27 bits per heavy atom. The second kappa shape index (κ2) is 5.03. The van der Waals surface area contributed by atoms with Crippen molar-refractivity contribution in [3.05, 3.63) is 0 Å². The maximum atomic E-state index is 10.9. The SMILES string of the molecule is CC(C)OC(C)C(=O)OOF. The Morgan fingerprint density at radius 1 is 1.36 bits per heavy atom. The predicted molar refractivity (Wildman–Crippen MR) is 34.0 cm³/mol. The van der Waals surface area contributed by atoms with Gasteiger partial charge < -0.3 is 4.74 Å². The average molecular weight is 166 g/mol.